The van der Waals surface area contributed by atoms with Crippen LogP contribution in [0.1, 0.15) is 16.1 Å². The maximum absolute atomic E-state index is 11.9. The van der Waals surface area contributed by atoms with Crippen LogP contribution in [0, 0.1) is 0 Å². The quantitative estimate of drug-likeness (QED) is 0.789. The maximum atomic E-state index is 11.9. The lowest BCUT2D eigenvalue weighted by molar-refractivity contribution is 0.0912. The van der Waals surface area contributed by atoms with Crippen molar-refractivity contribution in [2.24, 2.45) is 0 Å². The first-order chi connectivity index (χ1) is 9.19. The zero-order valence-corrected chi connectivity index (χ0v) is 11.9. The van der Waals surface area contributed by atoms with Gasteiger partial charge in [-0.1, -0.05) is 30.3 Å². The van der Waals surface area contributed by atoms with E-state index >= 15 is 0 Å². The molecule has 100 valence electrons. The van der Waals surface area contributed by atoms with Crippen LogP contribution in [0.5, 0.6) is 0 Å². The van der Waals surface area contributed by atoms with Crippen molar-refractivity contribution < 1.29 is 9.90 Å². The van der Waals surface area contributed by atoms with Gasteiger partial charge in [-0.05, 0) is 34.0 Å². The Morgan fingerprint density at radius 1 is 1.37 bits per heavy atom. The highest BCUT2D eigenvalue weighted by molar-refractivity contribution is 9.10. The number of nitrogens with one attached hydrogen (secondary N) is 2. The lowest BCUT2D eigenvalue weighted by Gasteiger charge is -2.15. The smallest absolute Gasteiger partial charge is 0.268 e. The fourth-order valence-electron chi connectivity index (χ4n) is 1.82. The molecular formula is C14H15BrN2O2. The molecule has 2 rings (SSSR count). The van der Waals surface area contributed by atoms with Gasteiger partial charge in [-0.2, -0.15) is 0 Å². The average Bonchev–Trinajstić information content (AvgIpc) is 2.86. The summed E-state index contributed by atoms with van der Waals surface area (Å²) >= 11 is 3.28. The van der Waals surface area contributed by atoms with Crippen LogP contribution in [0.15, 0.2) is 47.1 Å². The molecule has 0 bridgehead atoms. The van der Waals surface area contributed by atoms with Crippen LogP contribution in [0.25, 0.3) is 0 Å². The number of carbonyl (C=O) groups is 1. The van der Waals surface area contributed by atoms with Crippen LogP contribution in [0.2, 0.25) is 0 Å². The van der Waals surface area contributed by atoms with Crippen LogP contribution >= 0.6 is 15.9 Å². The summed E-state index contributed by atoms with van der Waals surface area (Å²) in [5, 5.41) is 12.2. The highest BCUT2D eigenvalue weighted by Crippen LogP contribution is 2.11. The Balaban J connectivity index is 1.97. The Hall–Kier alpha value is -1.59. The van der Waals surface area contributed by atoms with Gasteiger partial charge in [-0.15, -0.1) is 0 Å². The van der Waals surface area contributed by atoms with E-state index in [1.807, 2.05) is 30.3 Å². The minimum atomic E-state index is -0.294. The standard InChI is InChI=1S/C14H15BrN2O2/c15-11-7-13(16-8-11)14(19)17-12(9-18)6-10-4-2-1-3-5-10/h1-5,7-8,12,16,18H,6,9H2,(H,17,19). The van der Waals surface area contributed by atoms with E-state index in [2.05, 4.69) is 26.2 Å². The Kier molecular flexibility index (Phi) is 4.76. The van der Waals surface area contributed by atoms with Crippen molar-refractivity contribution in [1.82, 2.24) is 10.3 Å². The number of aliphatic hydroxyl groups is 1. The Labute approximate surface area is 120 Å². The maximum Gasteiger partial charge on any atom is 0.268 e. The average molecular weight is 323 g/mol. The van der Waals surface area contributed by atoms with E-state index < -0.39 is 0 Å². The van der Waals surface area contributed by atoms with E-state index in [1.165, 1.54) is 0 Å². The molecule has 0 aliphatic carbocycles. The molecule has 0 saturated heterocycles. The van der Waals surface area contributed by atoms with Gasteiger partial charge >= 0.3 is 0 Å². The zero-order chi connectivity index (χ0) is 13.7. The van der Waals surface area contributed by atoms with Crippen molar-refractivity contribution >= 4 is 21.8 Å². The number of carbonyl (C=O) groups excluding carboxylic acids is 1. The lowest BCUT2D eigenvalue weighted by Crippen LogP contribution is -2.39. The first kappa shape index (κ1) is 13.8. The Bertz CT molecular complexity index is 539. The SMILES string of the molecule is O=C(NC(CO)Cc1ccccc1)c1cc(Br)c[nH]1. The summed E-state index contributed by atoms with van der Waals surface area (Å²) in [6.07, 6.45) is 2.30. The highest BCUT2D eigenvalue weighted by atomic mass is 79.9. The fraction of sp³-hybridized carbons (Fsp3) is 0.214. The minimum absolute atomic E-state index is 0.0947. The summed E-state index contributed by atoms with van der Waals surface area (Å²) in [7, 11) is 0. The molecule has 1 atom stereocenters. The summed E-state index contributed by atoms with van der Waals surface area (Å²) in [4.78, 5) is 14.8. The number of aliphatic hydroxyl groups excluding tert-OH is 1. The number of aromatic amines is 1. The molecule has 5 heteroatoms. The molecular weight excluding hydrogens is 308 g/mol. The Morgan fingerprint density at radius 3 is 2.68 bits per heavy atom. The molecule has 0 saturated carbocycles. The molecule has 0 aliphatic heterocycles. The van der Waals surface area contributed by atoms with Crippen molar-refractivity contribution in [3.8, 4) is 0 Å². The predicted octanol–water partition coefficient (Wildman–Crippen LogP) is 2.11. The second-order valence-corrected chi connectivity index (χ2v) is 5.19. The number of aromatic nitrogens is 1. The van der Waals surface area contributed by atoms with Gasteiger partial charge in [0.2, 0.25) is 0 Å². The van der Waals surface area contributed by atoms with Crippen molar-refractivity contribution in [3.05, 3.63) is 58.3 Å². The van der Waals surface area contributed by atoms with Gasteiger partial charge in [0.25, 0.3) is 5.91 Å². The molecule has 1 heterocycles. The van der Waals surface area contributed by atoms with Crippen LogP contribution in [0.3, 0.4) is 0 Å². The topological polar surface area (TPSA) is 65.1 Å². The van der Waals surface area contributed by atoms with E-state index in [0.717, 1.165) is 10.0 Å². The Morgan fingerprint density at radius 2 is 2.11 bits per heavy atom. The molecule has 1 aromatic heterocycles. The summed E-state index contributed by atoms with van der Waals surface area (Å²) < 4.78 is 0.821. The number of rotatable bonds is 5. The molecule has 0 radical (unpaired) electrons. The molecule has 4 nitrogen and oxygen atoms in total. The van der Waals surface area contributed by atoms with Gasteiger partial charge in [0.1, 0.15) is 5.69 Å². The molecule has 1 amide bonds. The summed E-state index contributed by atoms with van der Waals surface area (Å²) in [5.74, 6) is -0.222. The van der Waals surface area contributed by atoms with Crippen LogP contribution < -0.4 is 5.32 Å². The third-order valence-corrected chi connectivity index (χ3v) is 3.23. The van der Waals surface area contributed by atoms with Gasteiger partial charge in [0, 0.05) is 10.7 Å². The first-order valence-electron chi connectivity index (χ1n) is 5.98. The molecule has 0 spiro atoms. The highest BCUT2D eigenvalue weighted by Gasteiger charge is 2.14. The number of amides is 1. The normalized spacial score (nSPS) is 12.1. The summed E-state index contributed by atoms with van der Waals surface area (Å²) in [5.41, 5.74) is 1.55. The third kappa shape index (κ3) is 3.94. The van der Waals surface area contributed by atoms with Gasteiger partial charge in [0.15, 0.2) is 0 Å². The molecule has 1 aromatic carbocycles. The van der Waals surface area contributed by atoms with E-state index in [0.29, 0.717) is 12.1 Å². The first-order valence-corrected chi connectivity index (χ1v) is 6.78. The zero-order valence-electron chi connectivity index (χ0n) is 10.3. The van der Waals surface area contributed by atoms with E-state index in [-0.39, 0.29) is 18.6 Å². The van der Waals surface area contributed by atoms with E-state index in [4.69, 9.17) is 0 Å². The number of hydrogen-bond acceptors (Lipinski definition) is 2. The van der Waals surface area contributed by atoms with Crippen molar-refractivity contribution in [2.45, 2.75) is 12.5 Å². The number of H-pyrrole nitrogens is 1. The van der Waals surface area contributed by atoms with Gasteiger partial charge in [-0.3, -0.25) is 4.79 Å². The lowest BCUT2D eigenvalue weighted by atomic mass is 10.1. The summed E-state index contributed by atoms with van der Waals surface area (Å²) in [6, 6.07) is 11.2. The monoisotopic (exact) mass is 322 g/mol. The second kappa shape index (κ2) is 6.54. The van der Waals surface area contributed by atoms with Crippen LogP contribution in [-0.2, 0) is 6.42 Å². The number of benzene rings is 1. The molecule has 0 fully saturated rings. The molecule has 2 aromatic rings. The largest absolute Gasteiger partial charge is 0.394 e. The van der Waals surface area contributed by atoms with Crippen molar-refractivity contribution in [1.29, 1.82) is 0 Å². The van der Waals surface area contributed by atoms with Gasteiger partial charge in [0.05, 0.1) is 12.6 Å². The van der Waals surface area contributed by atoms with Crippen LogP contribution in [0.4, 0.5) is 0 Å². The van der Waals surface area contributed by atoms with Crippen molar-refractivity contribution in [2.75, 3.05) is 6.61 Å². The summed E-state index contributed by atoms with van der Waals surface area (Å²) in [6.45, 7) is -0.0947. The van der Waals surface area contributed by atoms with Gasteiger partial charge in [-0.25, -0.2) is 0 Å². The van der Waals surface area contributed by atoms with Crippen LogP contribution in [-0.4, -0.2) is 28.6 Å². The van der Waals surface area contributed by atoms with Gasteiger partial charge < -0.3 is 15.4 Å². The molecule has 19 heavy (non-hydrogen) atoms. The fourth-order valence-corrected chi connectivity index (χ4v) is 2.17. The van der Waals surface area contributed by atoms with E-state index in [9.17, 15) is 9.90 Å². The second-order valence-electron chi connectivity index (χ2n) is 4.27. The number of hydrogen-bond donors (Lipinski definition) is 3. The van der Waals surface area contributed by atoms with Crippen molar-refractivity contribution in [3.63, 3.8) is 0 Å². The predicted molar refractivity (Wildman–Crippen MR) is 77.0 cm³/mol. The molecule has 3 N–H and O–H groups in total. The number of halogens is 1. The third-order valence-electron chi connectivity index (χ3n) is 2.77. The molecule has 0 aliphatic rings. The minimum Gasteiger partial charge on any atom is -0.394 e. The molecule has 1 unspecified atom stereocenters. The van der Waals surface area contributed by atoms with E-state index in [1.54, 1.807) is 12.3 Å².